The van der Waals surface area contributed by atoms with E-state index in [0.29, 0.717) is 40.7 Å². The van der Waals surface area contributed by atoms with Crippen LogP contribution in [0.15, 0.2) is 40.1 Å². The molecule has 206 valence electrons. The van der Waals surface area contributed by atoms with E-state index in [4.69, 9.17) is 4.74 Å². The number of hydrogen-bond acceptors (Lipinski definition) is 6. The normalized spacial score (nSPS) is 21.2. The fourth-order valence-corrected chi connectivity index (χ4v) is 7.61. The van der Waals surface area contributed by atoms with E-state index in [2.05, 4.69) is 11.6 Å². The molecule has 5 rings (SSSR count). The molecule has 2 unspecified atom stereocenters. The highest BCUT2D eigenvalue weighted by Gasteiger charge is 2.48. The third-order valence-electron chi connectivity index (χ3n) is 7.20. The van der Waals surface area contributed by atoms with Crippen molar-refractivity contribution in [3.63, 3.8) is 0 Å². The van der Waals surface area contributed by atoms with Crippen molar-refractivity contribution in [2.45, 2.75) is 43.9 Å². The predicted octanol–water partition coefficient (Wildman–Crippen LogP) is 5.57. The number of amidine groups is 1. The lowest BCUT2D eigenvalue weighted by Crippen LogP contribution is -2.60. The van der Waals surface area contributed by atoms with E-state index < -0.39 is 17.8 Å². The molecule has 0 radical (unpaired) electrons. The number of halogens is 3. The number of rotatable bonds is 4. The van der Waals surface area contributed by atoms with E-state index in [1.807, 2.05) is 18.7 Å². The van der Waals surface area contributed by atoms with Gasteiger partial charge in [0, 0.05) is 47.7 Å². The van der Waals surface area contributed by atoms with Crippen LogP contribution in [0.3, 0.4) is 0 Å². The van der Waals surface area contributed by atoms with Crippen molar-refractivity contribution in [1.29, 1.82) is 0 Å². The van der Waals surface area contributed by atoms with Gasteiger partial charge in [-0.05, 0) is 49.9 Å². The molecular weight excluding hydrogens is 549 g/mol. The number of aliphatic imine (C=N–C) groups is 1. The maximum absolute atomic E-state index is 14.7. The molecule has 0 spiro atoms. The van der Waals surface area contributed by atoms with Crippen LogP contribution in [0, 0.1) is 6.92 Å². The minimum atomic E-state index is -4.64. The number of amides is 3. The first-order valence-corrected chi connectivity index (χ1v) is 14.3. The molecule has 39 heavy (non-hydrogen) atoms. The number of carbonyl (C=O) groups excluding carboxylic acids is 2. The van der Waals surface area contributed by atoms with E-state index in [9.17, 15) is 22.8 Å². The summed E-state index contributed by atoms with van der Waals surface area (Å²) in [4.78, 5) is 35.0. The van der Waals surface area contributed by atoms with Crippen LogP contribution < -0.4 is 0 Å². The molecule has 3 aliphatic heterocycles. The number of carbonyl (C=O) groups is 2. The van der Waals surface area contributed by atoms with Crippen LogP contribution in [0.5, 0.6) is 0 Å². The highest BCUT2D eigenvalue weighted by atomic mass is 32.2. The van der Waals surface area contributed by atoms with Crippen molar-refractivity contribution in [2.75, 3.05) is 32.6 Å². The third kappa shape index (κ3) is 4.62. The lowest BCUT2D eigenvalue weighted by atomic mass is 9.93. The Labute approximate surface area is 232 Å². The lowest BCUT2D eigenvalue weighted by Gasteiger charge is -2.44. The number of alkyl halides is 3. The van der Waals surface area contributed by atoms with Crippen molar-refractivity contribution in [3.8, 4) is 11.1 Å². The number of nitrogens with zero attached hydrogens (tertiary/aromatic N) is 4. The van der Waals surface area contributed by atoms with Crippen LogP contribution in [0.2, 0.25) is 0 Å². The molecule has 1 aromatic heterocycles. The average Bonchev–Trinajstić information content (AvgIpc) is 3.30. The van der Waals surface area contributed by atoms with Gasteiger partial charge in [0.1, 0.15) is 12.3 Å². The van der Waals surface area contributed by atoms with Crippen LogP contribution in [0.4, 0.5) is 23.7 Å². The molecule has 3 amide bonds. The molecule has 0 N–H and O–H groups in total. The predicted molar refractivity (Wildman–Crippen MR) is 146 cm³/mol. The summed E-state index contributed by atoms with van der Waals surface area (Å²) >= 11 is 2.66. The molecule has 3 aliphatic rings. The van der Waals surface area contributed by atoms with Crippen LogP contribution in [0.25, 0.3) is 11.1 Å². The summed E-state index contributed by atoms with van der Waals surface area (Å²) in [6, 6.07) is 1.72. The second kappa shape index (κ2) is 10.2. The van der Waals surface area contributed by atoms with Crippen molar-refractivity contribution in [1.82, 2.24) is 9.80 Å². The molecule has 1 fully saturated rings. The summed E-state index contributed by atoms with van der Waals surface area (Å²) in [5, 5.41) is 1.77. The number of methoxy groups -OCH3 is 1. The Morgan fingerprint density at radius 3 is 2.54 bits per heavy atom. The van der Waals surface area contributed by atoms with Crippen molar-refractivity contribution in [3.05, 3.63) is 46.2 Å². The maximum Gasteiger partial charge on any atom is 0.547 e. The number of ether oxygens (including phenoxy) is 1. The van der Waals surface area contributed by atoms with E-state index in [-0.39, 0.29) is 41.6 Å². The van der Waals surface area contributed by atoms with Crippen LogP contribution in [0.1, 0.15) is 29.9 Å². The fourth-order valence-electron chi connectivity index (χ4n) is 5.68. The largest absolute Gasteiger partial charge is 0.547 e. The summed E-state index contributed by atoms with van der Waals surface area (Å²) < 4.78 is 50.9. The second-order valence-corrected chi connectivity index (χ2v) is 11.9. The number of urea groups is 1. The van der Waals surface area contributed by atoms with Gasteiger partial charge in [0.15, 0.2) is 5.69 Å². The number of thioether (sulfide) groups is 1. The number of piperazine rings is 1. The maximum atomic E-state index is 14.7. The molecular formula is C27H28F3N4O3S2+. The Morgan fingerprint density at radius 1 is 1.28 bits per heavy atom. The van der Waals surface area contributed by atoms with Crippen molar-refractivity contribution in [2.24, 2.45) is 4.99 Å². The minimum Gasteiger partial charge on any atom is -0.377 e. The third-order valence-corrected chi connectivity index (χ3v) is 9.21. The summed E-state index contributed by atoms with van der Waals surface area (Å²) in [6.07, 6.45) is -3.39. The molecule has 1 saturated heterocycles. The standard InChI is InChI=1S/C27H28F3N4O3S2/c1-6-21(35)33-14(2)10-32(11-15(33)3)25-19-9-20(27(28,29)30)22(18-7-8-38-16(18)4)24-23(19)34(26(36)31-25)17(12-37-5)13-39-24/h6-9,14-15H,1,10-13H2,2-5H3/q+1. The van der Waals surface area contributed by atoms with Crippen LogP contribution in [-0.4, -0.2) is 82.5 Å². The first-order chi connectivity index (χ1) is 18.5. The summed E-state index contributed by atoms with van der Waals surface area (Å²) in [7, 11) is 1.51. The van der Waals surface area contributed by atoms with Crippen LogP contribution in [-0.2, 0) is 15.7 Å². The smallest absolute Gasteiger partial charge is 0.377 e. The van der Waals surface area contributed by atoms with Gasteiger partial charge < -0.3 is 14.5 Å². The Morgan fingerprint density at radius 2 is 1.97 bits per heavy atom. The molecule has 2 aromatic rings. The Balaban J connectivity index is 1.76. The first kappa shape index (κ1) is 27.6. The first-order valence-electron chi connectivity index (χ1n) is 12.4. The molecule has 0 saturated carbocycles. The summed E-state index contributed by atoms with van der Waals surface area (Å²) in [5.74, 6) is 0.269. The van der Waals surface area contributed by atoms with E-state index >= 15 is 0 Å². The van der Waals surface area contributed by atoms with Crippen molar-refractivity contribution >= 4 is 52.3 Å². The zero-order valence-corrected chi connectivity index (χ0v) is 23.6. The monoisotopic (exact) mass is 577 g/mol. The van der Waals surface area contributed by atoms with Gasteiger partial charge in [-0.1, -0.05) is 6.58 Å². The highest BCUT2D eigenvalue weighted by Crippen LogP contribution is 2.52. The van der Waals surface area contributed by atoms with E-state index in [0.717, 1.165) is 10.9 Å². The second-order valence-electron chi connectivity index (χ2n) is 9.81. The number of aryl methyl sites for hydroxylation is 1. The van der Waals surface area contributed by atoms with Gasteiger partial charge in [0.25, 0.3) is 5.84 Å². The highest BCUT2D eigenvalue weighted by molar-refractivity contribution is 8.00. The topological polar surface area (TPSA) is 65.2 Å². The van der Waals surface area contributed by atoms with Gasteiger partial charge in [0.2, 0.25) is 5.91 Å². The Kier molecular flexibility index (Phi) is 7.23. The van der Waals surface area contributed by atoms with Gasteiger partial charge in [0.05, 0.1) is 21.8 Å². The quantitative estimate of drug-likeness (QED) is 0.351. The van der Waals surface area contributed by atoms with Gasteiger partial charge in [-0.3, -0.25) is 4.79 Å². The van der Waals surface area contributed by atoms with E-state index in [1.165, 1.54) is 40.9 Å². The molecule has 4 heterocycles. The Bertz CT molecular complexity index is 1430. The molecule has 12 heteroatoms. The minimum absolute atomic E-state index is 0.0867. The van der Waals surface area contributed by atoms with Gasteiger partial charge in [-0.25, -0.2) is 0 Å². The van der Waals surface area contributed by atoms with Crippen molar-refractivity contribution < 1.29 is 32.1 Å². The molecule has 7 nitrogen and oxygen atoms in total. The van der Waals surface area contributed by atoms with Crippen LogP contribution >= 0.6 is 23.1 Å². The zero-order chi connectivity index (χ0) is 28.2. The molecule has 0 bridgehead atoms. The van der Waals surface area contributed by atoms with Gasteiger partial charge >= 0.3 is 12.2 Å². The number of benzene rings is 1. The summed E-state index contributed by atoms with van der Waals surface area (Å²) in [6.45, 7) is 9.85. The number of thiophene rings is 1. The average molecular weight is 578 g/mol. The number of hydrogen-bond donors (Lipinski definition) is 0. The fraction of sp³-hybridized carbons (Fsp3) is 0.407. The van der Waals surface area contributed by atoms with E-state index in [1.54, 1.807) is 23.3 Å². The Hall–Kier alpha value is -2.96. The van der Waals surface area contributed by atoms with Gasteiger partial charge in [-0.15, -0.1) is 23.1 Å². The molecule has 1 aromatic carbocycles. The molecule has 2 atom stereocenters. The molecule has 0 aliphatic carbocycles. The summed E-state index contributed by atoms with van der Waals surface area (Å²) in [5.41, 5.74) is 1.11. The lowest BCUT2D eigenvalue weighted by molar-refractivity contribution is -0.337. The zero-order valence-electron chi connectivity index (χ0n) is 22.0. The van der Waals surface area contributed by atoms with Gasteiger partial charge in [-0.2, -0.15) is 22.5 Å². The SMILES string of the molecule is C=CC(=O)N1C(C)CN(C2=NC(=O)[N+]3=C(COC)CSc4c(-c5ccsc5C)c(C(F)(F)F)cc2c43)CC1C.